The van der Waals surface area contributed by atoms with Crippen LogP contribution in [0.2, 0.25) is 0 Å². The number of nitrogens with two attached hydrogens (primary N) is 1. The third-order valence-electron chi connectivity index (χ3n) is 3.98. The largest absolute Gasteiger partial charge is 0.476 e. The lowest BCUT2D eigenvalue weighted by Crippen LogP contribution is -2.45. The molecule has 2 N–H and O–H groups in total. The molecule has 2 aromatic rings. The van der Waals surface area contributed by atoms with Crippen LogP contribution in [-0.2, 0) is 0 Å². The summed E-state index contributed by atoms with van der Waals surface area (Å²) in [5.41, 5.74) is 7.65. The number of nitrogen functional groups attached to an aromatic ring is 1. The van der Waals surface area contributed by atoms with Gasteiger partial charge in [-0.2, -0.15) is 0 Å². The van der Waals surface area contributed by atoms with Crippen molar-refractivity contribution in [3.8, 4) is 5.88 Å². The summed E-state index contributed by atoms with van der Waals surface area (Å²) in [6, 6.07) is 9.67. The van der Waals surface area contributed by atoms with Crippen molar-refractivity contribution in [1.29, 1.82) is 0 Å². The summed E-state index contributed by atoms with van der Waals surface area (Å²) >= 11 is 0. The summed E-state index contributed by atoms with van der Waals surface area (Å²) < 4.78 is 5.78. The minimum atomic E-state index is 0.611. The second-order valence-electron chi connectivity index (χ2n) is 5.56. The average Bonchev–Trinajstić information content (AvgIpc) is 2.49. The van der Waals surface area contributed by atoms with Gasteiger partial charge in [0, 0.05) is 49.9 Å². The Bertz CT molecular complexity index is 608. The molecule has 1 aliphatic heterocycles. The highest BCUT2D eigenvalue weighted by Gasteiger charge is 2.13. The molecule has 0 saturated carbocycles. The van der Waals surface area contributed by atoms with Crippen molar-refractivity contribution >= 4 is 16.6 Å². The standard InChI is InChI=1S/C16H22N4O/c1-19-6-8-20(9-7-19)10-11-21-16-12-14(17)13-4-2-3-5-15(13)18-16/h2-5,12H,6-11H2,1H3,(H2,17,18). The lowest BCUT2D eigenvalue weighted by molar-refractivity contribution is 0.132. The smallest absolute Gasteiger partial charge is 0.215 e. The fourth-order valence-corrected chi connectivity index (χ4v) is 2.60. The van der Waals surface area contributed by atoms with Gasteiger partial charge in [-0.15, -0.1) is 0 Å². The number of hydrogen-bond acceptors (Lipinski definition) is 5. The van der Waals surface area contributed by atoms with E-state index in [0.717, 1.165) is 49.3 Å². The summed E-state index contributed by atoms with van der Waals surface area (Å²) in [5.74, 6) is 0.611. The Balaban J connectivity index is 1.58. The van der Waals surface area contributed by atoms with Gasteiger partial charge < -0.3 is 15.4 Å². The van der Waals surface area contributed by atoms with Crippen LogP contribution in [0.1, 0.15) is 0 Å². The predicted molar refractivity (Wildman–Crippen MR) is 85.6 cm³/mol. The first-order valence-electron chi connectivity index (χ1n) is 7.41. The highest BCUT2D eigenvalue weighted by atomic mass is 16.5. The van der Waals surface area contributed by atoms with Crippen LogP contribution in [0.25, 0.3) is 10.9 Å². The van der Waals surface area contributed by atoms with E-state index in [-0.39, 0.29) is 0 Å². The molecule has 0 radical (unpaired) electrons. The summed E-state index contributed by atoms with van der Waals surface area (Å²) in [6.07, 6.45) is 0. The zero-order chi connectivity index (χ0) is 14.7. The molecular weight excluding hydrogens is 264 g/mol. The third-order valence-corrected chi connectivity index (χ3v) is 3.98. The van der Waals surface area contributed by atoms with Gasteiger partial charge in [-0.1, -0.05) is 18.2 Å². The topological polar surface area (TPSA) is 54.6 Å². The van der Waals surface area contributed by atoms with Crippen LogP contribution in [0, 0.1) is 0 Å². The molecular formula is C16H22N4O. The molecule has 2 heterocycles. The number of nitrogens with zero attached hydrogens (tertiary/aromatic N) is 3. The van der Waals surface area contributed by atoms with Crippen molar-refractivity contribution < 1.29 is 4.74 Å². The SMILES string of the molecule is CN1CCN(CCOc2cc(N)c3ccccc3n2)CC1. The number of benzene rings is 1. The van der Waals surface area contributed by atoms with Crippen molar-refractivity contribution in [3.05, 3.63) is 30.3 Å². The molecule has 1 aromatic carbocycles. The molecule has 3 rings (SSSR count). The first-order chi connectivity index (χ1) is 10.2. The molecule has 1 saturated heterocycles. The van der Waals surface area contributed by atoms with Crippen LogP contribution in [-0.4, -0.2) is 61.2 Å². The van der Waals surface area contributed by atoms with Crippen LogP contribution in [0.15, 0.2) is 30.3 Å². The van der Waals surface area contributed by atoms with Crippen LogP contribution in [0.5, 0.6) is 5.88 Å². The van der Waals surface area contributed by atoms with Gasteiger partial charge in [0.2, 0.25) is 5.88 Å². The average molecular weight is 286 g/mol. The molecule has 1 aliphatic rings. The molecule has 5 nitrogen and oxygen atoms in total. The monoisotopic (exact) mass is 286 g/mol. The highest BCUT2D eigenvalue weighted by molar-refractivity contribution is 5.90. The Hall–Kier alpha value is -1.85. The van der Waals surface area contributed by atoms with Crippen molar-refractivity contribution in [2.45, 2.75) is 0 Å². The Kier molecular flexibility index (Phi) is 4.22. The van der Waals surface area contributed by atoms with Crippen LogP contribution in [0.3, 0.4) is 0 Å². The predicted octanol–water partition coefficient (Wildman–Crippen LogP) is 1.44. The summed E-state index contributed by atoms with van der Waals surface area (Å²) in [5, 5.41) is 0.976. The minimum Gasteiger partial charge on any atom is -0.476 e. The molecule has 1 aromatic heterocycles. The molecule has 1 fully saturated rings. The summed E-state index contributed by atoms with van der Waals surface area (Å²) in [6.45, 7) is 6.04. The first-order valence-corrected chi connectivity index (χ1v) is 7.41. The molecule has 21 heavy (non-hydrogen) atoms. The normalized spacial score (nSPS) is 17.2. The highest BCUT2D eigenvalue weighted by Crippen LogP contribution is 2.23. The second kappa shape index (κ2) is 6.28. The van der Waals surface area contributed by atoms with Gasteiger partial charge in [-0.3, -0.25) is 4.90 Å². The first kappa shape index (κ1) is 14.1. The molecule has 0 atom stereocenters. The van der Waals surface area contributed by atoms with Crippen molar-refractivity contribution in [2.75, 3.05) is 52.1 Å². The fourth-order valence-electron chi connectivity index (χ4n) is 2.60. The van der Waals surface area contributed by atoms with E-state index in [0.29, 0.717) is 12.5 Å². The molecule has 0 unspecified atom stereocenters. The Labute approximate surface area is 125 Å². The maximum Gasteiger partial charge on any atom is 0.215 e. The van der Waals surface area contributed by atoms with Crippen LogP contribution in [0.4, 0.5) is 5.69 Å². The van der Waals surface area contributed by atoms with Gasteiger partial charge in [0.15, 0.2) is 0 Å². The van der Waals surface area contributed by atoms with E-state index in [2.05, 4.69) is 21.8 Å². The van der Waals surface area contributed by atoms with E-state index in [9.17, 15) is 0 Å². The maximum absolute atomic E-state index is 6.05. The van der Waals surface area contributed by atoms with Crippen molar-refractivity contribution in [2.24, 2.45) is 0 Å². The lowest BCUT2D eigenvalue weighted by atomic mass is 10.2. The van der Waals surface area contributed by atoms with Gasteiger partial charge in [0.25, 0.3) is 0 Å². The molecule has 112 valence electrons. The second-order valence-corrected chi connectivity index (χ2v) is 5.56. The van der Waals surface area contributed by atoms with Crippen LogP contribution < -0.4 is 10.5 Å². The Morgan fingerprint density at radius 3 is 2.76 bits per heavy atom. The van der Waals surface area contributed by atoms with Gasteiger partial charge in [0.1, 0.15) is 6.61 Å². The quantitative estimate of drug-likeness (QED) is 0.922. The summed E-state index contributed by atoms with van der Waals surface area (Å²) in [4.78, 5) is 9.27. The fraction of sp³-hybridized carbons (Fsp3) is 0.438. The number of aromatic nitrogens is 1. The number of fused-ring (bicyclic) bond motifs is 1. The number of pyridine rings is 1. The number of likely N-dealkylation sites (N-methyl/N-ethyl adjacent to an activating group) is 1. The molecule has 0 spiro atoms. The zero-order valence-electron chi connectivity index (χ0n) is 12.5. The number of anilines is 1. The van der Waals surface area contributed by atoms with E-state index in [1.165, 1.54) is 0 Å². The van der Waals surface area contributed by atoms with Gasteiger partial charge in [0.05, 0.1) is 5.52 Å². The van der Waals surface area contributed by atoms with E-state index >= 15 is 0 Å². The minimum absolute atomic E-state index is 0.611. The molecule has 5 heteroatoms. The number of rotatable bonds is 4. The lowest BCUT2D eigenvalue weighted by Gasteiger charge is -2.32. The van der Waals surface area contributed by atoms with Gasteiger partial charge >= 0.3 is 0 Å². The van der Waals surface area contributed by atoms with E-state index in [4.69, 9.17) is 10.5 Å². The maximum atomic E-state index is 6.05. The van der Waals surface area contributed by atoms with Gasteiger partial charge in [-0.25, -0.2) is 4.98 Å². The summed E-state index contributed by atoms with van der Waals surface area (Å²) in [7, 11) is 2.16. The number of ether oxygens (including phenoxy) is 1. The van der Waals surface area contributed by atoms with E-state index in [1.807, 2.05) is 30.3 Å². The zero-order valence-corrected chi connectivity index (χ0v) is 12.5. The van der Waals surface area contributed by atoms with Gasteiger partial charge in [-0.05, 0) is 13.1 Å². The Morgan fingerprint density at radius 1 is 1.19 bits per heavy atom. The van der Waals surface area contributed by atoms with E-state index in [1.54, 1.807) is 0 Å². The van der Waals surface area contributed by atoms with Crippen molar-refractivity contribution in [3.63, 3.8) is 0 Å². The molecule has 0 aliphatic carbocycles. The molecule has 0 amide bonds. The number of piperazine rings is 1. The number of para-hydroxylation sites is 1. The Morgan fingerprint density at radius 2 is 1.95 bits per heavy atom. The van der Waals surface area contributed by atoms with Crippen LogP contribution >= 0.6 is 0 Å². The van der Waals surface area contributed by atoms with Crippen molar-refractivity contribution in [1.82, 2.24) is 14.8 Å². The number of hydrogen-bond donors (Lipinski definition) is 1. The third kappa shape index (κ3) is 3.43. The molecule has 0 bridgehead atoms. The van der Waals surface area contributed by atoms with E-state index < -0.39 is 0 Å².